The van der Waals surface area contributed by atoms with Gasteiger partial charge in [-0.15, -0.1) is 5.10 Å². The lowest BCUT2D eigenvalue weighted by molar-refractivity contribution is 0.109. The number of alkyl halides is 2. The first-order valence-electron chi connectivity index (χ1n) is 4.95. The van der Waals surface area contributed by atoms with Crippen molar-refractivity contribution < 1.29 is 18.3 Å². The molecular weight excluding hydrogens is 220 g/mol. The third kappa shape index (κ3) is 3.06. The maximum Gasteiger partial charge on any atom is 0.282 e. The van der Waals surface area contributed by atoms with Crippen LogP contribution >= 0.6 is 0 Å². The van der Waals surface area contributed by atoms with Crippen LogP contribution in [0.5, 0.6) is 0 Å². The van der Waals surface area contributed by atoms with Crippen molar-refractivity contribution >= 4 is 6.29 Å². The summed E-state index contributed by atoms with van der Waals surface area (Å²) in [6.07, 6.45) is -1.91. The topological polar surface area (TPSA) is 57.0 Å². The van der Waals surface area contributed by atoms with Crippen molar-refractivity contribution in [1.29, 1.82) is 0 Å². The zero-order chi connectivity index (χ0) is 12.0. The second kappa shape index (κ2) is 6.26. The number of aryl methyl sites for hydroxylation is 1. The molecule has 0 aliphatic rings. The van der Waals surface area contributed by atoms with Crippen molar-refractivity contribution in [2.45, 2.75) is 26.3 Å². The first-order chi connectivity index (χ1) is 7.70. The number of nitrogens with zero attached hydrogens (tertiary/aromatic N) is 3. The number of carbonyl (C=O) groups excluding carboxylic acids is 1. The molecule has 7 heteroatoms. The molecule has 0 saturated heterocycles. The molecule has 0 amide bonds. The van der Waals surface area contributed by atoms with E-state index in [1.165, 1.54) is 0 Å². The number of aldehydes is 1. The van der Waals surface area contributed by atoms with Crippen LogP contribution in [-0.4, -0.2) is 34.5 Å². The van der Waals surface area contributed by atoms with E-state index in [-0.39, 0.29) is 18.5 Å². The Morgan fingerprint density at radius 1 is 1.56 bits per heavy atom. The predicted molar refractivity (Wildman–Crippen MR) is 51.5 cm³/mol. The first-order valence-corrected chi connectivity index (χ1v) is 4.95. The lowest BCUT2D eigenvalue weighted by Crippen LogP contribution is -2.09. The third-order valence-electron chi connectivity index (χ3n) is 1.98. The summed E-state index contributed by atoms with van der Waals surface area (Å²) >= 11 is 0. The summed E-state index contributed by atoms with van der Waals surface area (Å²) in [6, 6.07) is 0. The molecule has 0 radical (unpaired) electrons. The van der Waals surface area contributed by atoms with Crippen LogP contribution in [0.1, 0.15) is 36.0 Å². The number of aromatic nitrogens is 3. The fraction of sp³-hybridized carbons (Fsp3) is 0.667. The van der Waals surface area contributed by atoms with Gasteiger partial charge in [0.15, 0.2) is 12.0 Å². The second-order valence-electron chi connectivity index (χ2n) is 3.05. The SMILES string of the molecule is CCOCCCn1nnc(C=O)c1C(F)F. The fourth-order valence-electron chi connectivity index (χ4n) is 1.27. The molecule has 1 aromatic rings. The van der Waals surface area contributed by atoms with Gasteiger partial charge in [0.05, 0.1) is 0 Å². The Morgan fingerprint density at radius 3 is 2.88 bits per heavy atom. The number of ether oxygens (including phenoxy) is 1. The summed E-state index contributed by atoms with van der Waals surface area (Å²) in [4.78, 5) is 10.4. The molecule has 0 bridgehead atoms. The first kappa shape index (κ1) is 12.7. The summed E-state index contributed by atoms with van der Waals surface area (Å²) in [5.74, 6) is 0. The van der Waals surface area contributed by atoms with Crippen LogP contribution in [0, 0.1) is 0 Å². The van der Waals surface area contributed by atoms with Crippen LogP contribution in [0.25, 0.3) is 0 Å². The van der Waals surface area contributed by atoms with Crippen molar-refractivity contribution in [1.82, 2.24) is 15.0 Å². The number of carbonyl (C=O) groups is 1. The van der Waals surface area contributed by atoms with Crippen molar-refractivity contribution in [2.24, 2.45) is 0 Å². The lowest BCUT2D eigenvalue weighted by atomic mass is 10.3. The Bertz CT molecular complexity index is 341. The highest BCUT2D eigenvalue weighted by atomic mass is 19.3. The lowest BCUT2D eigenvalue weighted by Gasteiger charge is -2.05. The average molecular weight is 233 g/mol. The van der Waals surface area contributed by atoms with E-state index >= 15 is 0 Å². The van der Waals surface area contributed by atoms with E-state index in [4.69, 9.17) is 4.74 Å². The molecule has 0 aromatic carbocycles. The van der Waals surface area contributed by atoms with Crippen LogP contribution in [0.2, 0.25) is 0 Å². The summed E-state index contributed by atoms with van der Waals surface area (Å²) in [6.45, 7) is 3.17. The molecule has 1 heterocycles. The van der Waals surface area contributed by atoms with Crippen LogP contribution < -0.4 is 0 Å². The van der Waals surface area contributed by atoms with E-state index in [2.05, 4.69) is 10.3 Å². The molecule has 0 unspecified atom stereocenters. The van der Waals surface area contributed by atoms with E-state index in [1.54, 1.807) is 0 Å². The quantitative estimate of drug-likeness (QED) is 0.528. The van der Waals surface area contributed by atoms with Gasteiger partial charge in [-0.1, -0.05) is 5.21 Å². The molecular formula is C9H13F2N3O2. The fourth-order valence-corrected chi connectivity index (χ4v) is 1.27. The largest absolute Gasteiger partial charge is 0.382 e. The van der Waals surface area contributed by atoms with E-state index in [0.29, 0.717) is 19.6 Å². The Balaban J connectivity index is 2.64. The summed E-state index contributed by atoms with van der Waals surface area (Å²) < 4.78 is 31.3. The maximum atomic E-state index is 12.6. The minimum atomic E-state index is -2.75. The van der Waals surface area contributed by atoms with E-state index in [0.717, 1.165) is 4.68 Å². The summed E-state index contributed by atoms with van der Waals surface area (Å²) in [7, 11) is 0. The molecule has 0 spiro atoms. The highest BCUT2D eigenvalue weighted by molar-refractivity contribution is 5.73. The maximum absolute atomic E-state index is 12.6. The molecule has 1 aromatic heterocycles. The molecule has 5 nitrogen and oxygen atoms in total. The van der Waals surface area contributed by atoms with Gasteiger partial charge >= 0.3 is 0 Å². The van der Waals surface area contributed by atoms with Gasteiger partial charge in [0.1, 0.15) is 5.69 Å². The highest BCUT2D eigenvalue weighted by Crippen LogP contribution is 2.20. The van der Waals surface area contributed by atoms with Crippen LogP contribution in [0.15, 0.2) is 0 Å². The van der Waals surface area contributed by atoms with Gasteiger partial charge in [0.25, 0.3) is 6.43 Å². The number of hydrogen-bond acceptors (Lipinski definition) is 4. The standard InChI is InChI=1S/C9H13F2N3O2/c1-2-16-5-3-4-14-8(9(10)11)7(6-15)12-13-14/h6,9H,2-5H2,1H3. The minimum Gasteiger partial charge on any atom is -0.382 e. The van der Waals surface area contributed by atoms with E-state index in [1.807, 2.05) is 6.92 Å². The Labute approximate surface area is 91.4 Å². The summed E-state index contributed by atoms with van der Waals surface area (Å²) in [5, 5.41) is 6.88. The zero-order valence-corrected chi connectivity index (χ0v) is 8.90. The van der Waals surface area contributed by atoms with Gasteiger partial charge < -0.3 is 4.74 Å². The molecule has 0 N–H and O–H groups in total. The minimum absolute atomic E-state index is 0.264. The van der Waals surface area contributed by atoms with Crippen LogP contribution in [0.3, 0.4) is 0 Å². The third-order valence-corrected chi connectivity index (χ3v) is 1.98. The molecule has 0 atom stereocenters. The van der Waals surface area contributed by atoms with Crippen LogP contribution in [-0.2, 0) is 11.3 Å². The van der Waals surface area contributed by atoms with Gasteiger partial charge in [-0.3, -0.25) is 4.79 Å². The van der Waals surface area contributed by atoms with Gasteiger partial charge in [-0.05, 0) is 13.3 Å². The highest BCUT2D eigenvalue weighted by Gasteiger charge is 2.20. The van der Waals surface area contributed by atoms with Crippen molar-refractivity contribution in [2.75, 3.05) is 13.2 Å². The van der Waals surface area contributed by atoms with Crippen molar-refractivity contribution in [3.8, 4) is 0 Å². The van der Waals surface area contributed by atoms with Crippen molar-refractivity contribution in [3.63, 3.8) is 0 Å². The summed E-state index contributed by atoms with van der Waals surface area (Å²) in [5.41, 5.74) is -0.724. The van der Waals surface area contributed by atoms with Crippen molar-refractivity contribution in [3.05, 3.63) is 11.4 Å². The molecule has 90 valence electrons. The molecule has 16 heavy (non-hydrogen) atoms. The van der Waals surface area contributed by atoms with E-state index in [9.17, 15) is 13.6 Å². The molecule has 0 fully saturated rings. The number of hydrogen-bond donors (Lipinski definition) is 0. The normalized spacial score (nSPS) is 11.0. The van der Waals surface area contributed by atoms with E-state index < -0.39 is 12.1 Å². The molecule has 0 aliphatic heterocycles. The zero-order valence-electron chi connectivity index (χ0n) is 8.90. The molecule has 0 saturated carbocycles. The smallest absolute Gasteiger partial charge is 0.282 e. The van der Waals surface area contributed by atoms with Gasteiger partial charge in [-0.2, -0.15) is 0 Å². The molecule has 1 rings (SSSR count). The Hall–Kier alpha value is -1.37. The monoisotopic (exact) mass is 233 g/mol. The average Bonchev–Trinajstić information content (AvgIpc) is 2.67. The Kier molecular flexibility index (Phi) is 4.97. The predicted octanol–water partition coefficient (Wildman–Crippen LogP) is 1.45. The van der Waals surface area contributed by atoms with Crippen LogP contribution in [0.4, 0.5) is 8.78 Å². The van der Waals surface area contributed by atoms with Gasteiger partial charge in [-0.25, -0.2) is 13.5 Å². The molecule has 0 aliphatic carbocycles. The number of rotatable bonds is 7. The van der Waals surface area contributed by atoms with Gasteiger partial charge in [0, 0.05) is 19.8 Å². The van der Waals surface area contributed by atoms with Gasteiger partial charge in [0.2, 0.25) is 0 Å². The Morgan fingerprint density at radius 2 is 2.31 bits per heavy atom. The second-order valence-corrected chi connectivity index (χ2v) is 3.05. The number of halogens is 2.